The molecule has 3 heteroatoms. The number of hydrogen-bond acceptors (Lipinski definition) is 1. The predicted octanol–water partition coefficient (Wildman–Crippen LogP) is 3.23. The Morgan fingerprint density at radius 3 is 1.91 bits per heavy atom. The third-order valence-corrected chi connectivity index (χ3v) is 7.15. The molecule has 0 aromatic rings. The fourth-order valence-corrected chi connectivity index (χ4v) is 8.88. The molecular weight excluding hydrogens is 168 g/mol. The van der Waals surface area contributed by atoms with E-state index in [0.717, 1.165) is 6.04 Å². The fourth-order valence-electron chi connectivity index (χ4n) is 1.22. The summed E-state index contributed by atoms with van der Waals surface area (Å²) in [5.41, 5.74) is 0. The van der Waals surface area contributed by atoms with Gasteiger partial charge in [-0.1, -0.05) is 6.08 Å². The highest BCUT2D eigenvalue weighted by Crippen LogP contribution is 2.17. The van der Waals surface area contributed by atoms with Crippen molar-refractivity contribution < 1.29 is 4.12 Å². The monoisotopic (exact) mass is 188 g/mol. The Kier molecular flexibility index (Phi) is 3.74. The topological polar surface area (TPSA) is 9.23 Å². The quantitative estimate of drug-likeness (QED) is 0.486. The molecule has 1 nitrogen and oxygen atoms in total. The Balaban J connectivity index is 4.00. The molecule has 0 aliphatic heterocycles. The Hall–Kier alpha value is 0.134. The first-order valence-corrected chi connectivity index (χ1v) is 10.6. The summed E-state index contributed by atoms with van der Waals surface area (Å²) in [6.07, 6.45) is 1.98. The molecule has 0 saturated carbocycles. The van der Waals surface area contributed by atoms with Crippen LogP contribution >= 0.6 is 0 Å². The van der Waals surface area contributed by atoms with Gasteiger partial charge in [-0.25, -0.2) is 0 Å². The van der Waals surface area contributed by atoms with Crippen LogP contribution in [-0.2, 0) is 4.12 Å². The maximum absolute atomic E-state index is 6.07. The van der Waals surface area contributed by atoms with Crippen molar-refractivity contribution in [3.63, 3.8) is 0 Å². The minimum Gasteiger partial charge on any atom is -0.455 e. The molecule has 0 amide bonds. The number of rotatable bonds is 4. The molecule has 0 aliphatic rings. The van der Waals surface area contributed by atoms with E-state index in [4.69, 9.17) is 4.12 Å². The minimum absolute atomic E-state index is 1.07. The minimum atomic E-state index is -1.40. The maximum Gasteiger partial charge on any atom is 0.177 e. The molecule has 0 rings (SSSR count). The lowest BCUT2D eigenvalue weighted by Gasteiger charge is -2.30. The van der Waals surface area contributed by atoms with Gasteiger partial charge in [0.1, 0.15) is 0 Å². The van der Waals surface area contributed by atoms with E-state index >= 15 is 0 Å². The zero-order chi connectivity index (χ0) is 9.12. The molecule has 0 atom stereocenters. The van der Waals surface area contributed by atoms with Crippen LogP contribution in [0.5, 0.6) is 0 Å². The average molecular weight is 188 g/mol. The van der Waals surface area contributed by atoms with Crippen molar-refractivity contribution in [3.8, 4) is 0 Å². The highest BCUT2D eigenvalue weighted by Gasteiger charge is 2.27. The Labute approximate surface area is 72.7 Å². The summed E-state index contributed by atoms with van der Waals surface area (Å²) in [6.45, 7) is 15.0. The van der Waals surface area contributed by atoms with Gasteiger partial charge in [0.15, 0.2) is 16.6 Å². The van der Waals surface area contributed by atoms with Crippen molar-refractivity contribution in [2.24, 2.45) is 0 Å². The summed E-state index contributed by atoms with van der Waals surface area (Å²) in [6, 6.07) is 1.07. The third-order valence-electron chi connectivity index (χ3n) is 1.22. The van der Waals surface area contributed by atoms with Gasteiger partial charge in [-0.15, -0.1) is 6.58 Å². The van der Waals surface area contributed by atoms with Crippen LogP contribution in [0.1, 0.15) is 0 Å². The van der Waals surface area contributed by atoms with Gasteiger partial charge in [0.2, 0.25) is 0 Å². The Bertz CT molecular complexity index is 136. The van der Waals surface area contributed by atoms with Crippen LogP contribution in [0.4, 0.5) is 0 Å². The molecule has 0 unspecified atom stereocenters. The smallest absolute Gasteiger partial charge is 0.177 e. The van der Waals surface area contributed by atoms with Gasteiger partial charge in [-0.2, -0.15) is 0 Å². The summed E-state index contributed by atoms with van der Waals surface area (Å²) in [7, 11) is -2.71. The van der Waals surface area contributed by atoms with Crippen molar-refractivity contribution in [3.05, 3.63) is 12.7 Å². The van der Waals surface area contributed by atoms with Crippen LogP contribution in [0.25, 0.3) is 0 Å². The van der Waals surface area contributed by atoms with E-state index in [2.05, 4.69) is 39.3 Å². The molecule has 0 radical (unpaired) electrons. The Morgan fingerprint density at radius 2 is 1.64 bits per heavy atom. The van der Waals surface area contributed by atoms with Gasteiger partial charge >= 0.3 is 0 Å². The summed E-state index contributed by atoms with van der Waals surface area (Å²) >= 11 is 0. The molecule has 11 heavy (non-hydrogen) atoms. The van der Waals surface area contributed by atoms with Crippen molar-refractivity contribution in [1.29, 1.82) is 0 Å². The lowest BCUT2D eigenvalue weighted by Crippen LogP contribution is -2.41. The standard InChI is InChI=1S/C8H20OSi2/c1-7-8-11(5,6)9-10(2,3)4/h7H,1,8H2,2-6H3. The summed E-state index contributed by atoms with van der Waals surface area (Å²) in [5, 5.41) is 0. The molecule has 0 heterocycles. The molecule has 0 aliphatic carbocycles. The van der Waals surface area contributed by atoms with Gasteiger partial charge < -0.3 is 4.12 Å². The molecule has 0 saturated heterocycles. The van der Waals surface area contributed by atoms with Crippen molar-refractivity contribution >= 4 is 16.6 Å². The van der Waals surface area contributed by atoms with Gasteiger partial charge in [0, 0.05) is 0 Å². The zero-order valence-corrected chi connectivity index (χ0v) is 10.4. The summed E-state index contributed by atoms with van der Waals surface area (Å²) in [4.78, 5) is 0. The lowest BCUT2D eigenvalue weighted by molar-refractivity contribution is 0.553. The first kappa shape index (κ1) is 11.1. The maximum atomic E-state index is 6.07. The van der Waals surface area contributed by atoms with Crippen molar-refractivity contribution in [2.45, 2.75) is 38.8 Å². The molecule has 0 bridgehead atoms. The molecular formula is C8H20OSi2. The second-order valence-electron chi connectivity index (χ2n) is 4.47. The van der Waals surface area contributed by atoms with Gasteiger partial charge in [0.05, 0.1) is 0 Å². The van der Waals surface area contributed by atoms with Gasteiger partial charge in [0.25, 0.3) is 0 Å². The molecule has 0 fully saturated rings. The van der Waals surface area contributed by atoms with Crippen LogP contribution in [0.2, 0.25) is 38.8 Å². The van der Waals surface area contributed by atoms with Crippen LogP contribution in [0.3, 0.4) is 0 Å². The first-order valence-electron chi connectivity index (χ1n) is 4.08. The largest absolute Gasteiger partial charge is 0.455 e. The first-order chi connectivity index (χ1) is 4.77. The van der Waals surface area contributed by atoms with E-state index in [-0.39, 0.29) is 0 Å². The molecule has 0 aromatic carbocycles. The van der Waals surface area contributed by atoms with Crippen LogP contribution < -0.4 is 0 Å². The van der Waals surface area contributed by atoms with E-state index in [9.17, 15) is 0 Å². The van der Waals surface area contributed by atoms with E-state index in [0.29, 0.717) is 0 Å². The highest BCUT2D eigenvalue weighted by molar-refractivity contribution is 6.84. The predicted molar refractivity (Wildman–Crippen MR) is 56.9 cm³/mol. The third kappa shape index (κ3) is 6.53. The molecule has 66 valence electrons. The summed E-state index contributed by atoms with van der Waals surface area (Å²) < 4.78 is 6.07. The van der Waals surface area contributed by atoms with Crippen molar-refractivity contribution in [2.75, 3.05) is 0 Å². The van der Waals surface area contributed by atoms with Gasteiger partial charge in [-0.05, 0) is 38.8 Å². The summed E-state index contributed by atoms with van der Waals surface area (Å²) in [5.74, 6) is 0. The lowest BCUT2D eigenvalue weighted by atomic mass is 10.8. The van der Waals surface area contributed by atoms with E-state index in [1.165, 1.54) is 0 Å². The average Bonchev–Trinajstić information content (AvgIpc) is 1.55. The zero-order valence-electron chi connectivity index (χ0n) is 8.40. The molecule has 0 spiro atoms. The second-order valence-corrected chi connectivity index (χ2v) is 13.4. The molecule has 0 aromatic heterocycles. The van der Waals surface area contributed by atoms with E-state index < -0.39 is 16.6 Å². The van der Waals surface area contributed by atoms with E-state index in [1.54, 1.807) is 0 Å². The van der Waals surface area contributed by atoms with Crippen LogP contribution in [-0.4, -0.2) is 16.6 Å². The fraction of sp³-hybridized carbons (Fsp3) is 0.750. The van der Waals surface area contributed by atoms with Crippen molar-refractivity contribution in [1.82, 2.24) is 0 Å². The van der Waals surface area contributed by atoms with Crippen LogP contribution in [0, 0.1) is 0 Å². The normalized spacial score (nSPS) is 13.2. The number of allylic oxidation sites excluding steroid dienone is 1. The molecule has 0 N–H and O–H groups in total. The van der Waals surface area contributed by atoms with Gasteiger partial charge in [-0.3, -0.25) is 0 Å². The van der Waals surface area contributed by atoms with E-state index in [1.807, 2.05) is 6.08 Å². The SMILES string of the molecule is C=CC[Si](C)(C)O[Si](C)(C)C. The highest BCUT2D eigenvalue weighted by atomic mass is 28.4. The Morgan fingerprint density at radius 1 is 1.18 bits per heavy atom. The number of hydrogen-bond donors (Lipinski definition) is 0. The second kappa shape index (κ2) is 3.69. The van der Waals surface area contributed by atoms with Crippen LogP contribution in [0.15, 0.2) is 12.7 Å².